The van der Waals surface area contributed by atoms with E-state index < -0.39 is 0 Å². The van der Waals surface area contributed by atoms with Gasteiger partial charge in [-0.1, -0.05) is 23.4 Å². The minimum atomic E-state index is 0.0119. The summed E-state index contributed by atoms with van der Waals surface area (Å²) in [5, 5.41) is 8.37. The summed E-state index contributed by atoms with van der Waals surface area (Å²) in [6, 6.07) is 13.9. The van der Waals surface area contributed by atoms with Crippen molar-refractivity contribution in [1.29, 1.82) is 0 Å². The summed E-state index contributed by atoms with van der Waals surface area (Å²) >= 11 is 3.58. The SMILES string of the molecule is C[C@@H](N)c1ccc(-n2nnc3ccccc32)c(Br)c1. The quantitative estimate of drug-likeness (QED) is 0.789. The number of rotatable bonds is 2. The lowest BCUT2D eigenvalue weighted by atomic mass is 10.1. The minimum absolute atomic E-state index is 0.0119. The zero-order valence-electron chi connectivity index (χ0n) is 10.4. The predicted octanol–water partition coefficient (Wildman–Crippen LogP) is 3.20. The van der Waals surface area contributed by atoms with Crippen LogP contribution in [-0.2, 0) is 0 Å². The zero-order chi connectivity index (χ0) is 13.4. The van der Waals surface area contributed by atoms with E-state index in [4.69, 9.17) is 5.73 Å². The standard InChI is InChI=1S/C14H13BrN4/c1-9(16)10-6-7-13(11(15)8-10)19-14-5-3-2-4-12(14)17-18-19/h2-9H,16H2,1H3/t9-/m1/s1. The average molecular weight is 317 g/mol. The van der Waals surface area contributed by atoms with Crippen molar-refractivity contribution in [3.8, 4) is 5.69 Å². The summed E-state index contributed by atoms with van der Waals surface area (Å²) in [6.07, 6.45) is 0. The molecule has 0 radical (unpaired) electrons. The fourth-order valence-electron chi connectivity index (χ4n) is 2.03. The molecular weight excluding hydrogens is 304 g/mol. The molecule has 0 aliphatic carbocycles. The summed E-state index contributed by atoms with van der Waals surface area (Å²) in [4.78, 5) is 0. The van der Waals surface area contributed by atoms with E-state index in [0.29, 0.717) is 0 Å². The lowest BCUT2D eigenvalue weighted by molar-refractivity contribution is 0.803. The monoisotopic (exact) mass is 316 g/mol. The van der Waals surface area contributed by atoms with Crippen LogP contribution in [0.25, 0.3) is 16.7 Å². The van der Waals surface area contributed by atoms with E-state index in [9.17, 15) is 0 Å². The predicted molar refractivity (Wildman–Crippen MR) is 79.2 cm³/mol. The second-order valence-electron chi connectivity index (χ2n) is 4.49. The molecule has 0 saturated heterocycles. The number of nitrogens with two attached hydrogens (primary N) is 1. The first-order chi connectivity index (χ1) is 9.16. The van der Waals surface area contributed by atoms with Gasteiger partial charge in [0.25, 0.3) is 0 Å². The fraction of sp³-hybridized carbons (Fsp3) is 0.143. The molecule has 0 amide bonds. The topological polar surface area (TPSA) is 56.7 Å². The Bertz CT molecular complexity index is 733. The smallest absolute Gasteiger partial charge is 0.113 e. The number of para-hydroxylation sites is 1. The van der Waals surface area contributed by atoms with Gasteiger partial charge in [0.1, 0.15) is 5.52 Å². The highest BCUT2D eigenvalue weighted by Crippen LogP contribution is 2.26. The largest absolute Gasteiger partial charge is 0.324 e. The van der Waals surface area contributed by atoms with Gasteiger partial charge in [0.15, 0.2) is 0 Å². The van der Waals surface area contributed by atoms with Crippen molar-refractivity contribution in [2.24, 2.45) is 5.73 Å². The van der Waals surface area contributed by atoms with E-state index in [-0.39, 0.29) is 6.04 Å². The van der Waals surface area contributed by atoms with E-state index in [1.807, 2.05) is 54.1 Å². The van der Waals surface area contributed by atoms with E-state index in [1.54, 1.807) is 0 Å². The number of hydrogen-bond acceptors (Lipinski definition) is 3. The van der Waals surface area contributed by atoms with Crippen molar-refractivity contribution in [2.45, 2.75) is 13.0 Å². The van der Waals surface area contributed by atoms with Crippen molar-refractivity contribution >= 4 is 27.0 Å². The molecule has 1 aromatic heterocycles. The normalized spacial score (nSPS) is 12.8. The van der Waals surface area contributed by atoms with Crippen LogP contribution >= 0.6 is 15.9 Å². The van der Waals surface area contributed by atoms with Gasteiger partial charge in [-0.25, -0.2) is 4.68 Å². The molecule has 0 unspecified atom stereocenters. The summed E-state index contributed by atoms with van der Waals surface area (Å²) in [6.45, 7) is 1.96. The molecule has 4 nitrogen and oxygen atoms in total. The second kappa shape index (κ2) is 4.75. The van der Waals surface area contributed by atoms with Gasteiger partial charge in [-0.2, -0.15) is 0 Å². The first-order valence-electron chi connectivity index (χ1n) is 6.02. The highest BCUT2D eigenvalue weighted by molar-refractivity contribution is 9.10. The highest BCUT2D eigenvalue weighted by Gasteiger charge is 2.10. The molecule has 5 heteroatoms. The molecule has 0 spiro atoms. The van der Waals surface area contributed by atoms with Crippen LogP contribution in [0.4, 0.5) is 0 Å². The number of benzene rings is 2. The van der Waals surface area contributed by atoms with Crippen molar-refractivity contribution in [3.05, 3.63) is 52.5 Å². The Hall–Kier alpha value is -1.72. The number of fused-ring (bicyclic) bond motifs is 1. The highest BCUT2D eigenvalue weighted by atomic mass is 79.9. The number of aromatic nitrogens is 3. The molecule has 0 saturated carbocycles. The third kappa shape index (κ3) is 2.15. The van der Waals surface area contributed by atoms with Crippen molar-refractivity contribution < 1.29 is 0 Å². The first-order valence-corrected chi connectivity index (χ1v) is 6.82. The number of nitrogens with zero attached hydrogens (tertiary/aromatic N) is 3. The Labute approximate surface area is 119 Å². The van der Waals surface area contributed by atoms with Gasteiger partial charge in [0.2, 0.25) is 0 Å². The van der Waals surface area contributed by atoms with E-state index in [2.05, 4.69) is 26.2 Å². The van der Waals surface area contributed by atoms with E-state index >= 15 is 0 Å². The Balaban J connectivity index is 2.17. The van der Waals surface area contributed by atoms with Crippen molar-refractivity contribution in [3.63, 3.8) is 0 Å². The van der Waals surface area contributed by atoms with E-state index in [0.717, 1.165) is 26.8 Å². The van der Waals surface area contributed by atoms with Gasteiger partial charge >= 0.3 is 0 Å². The molecule has 3 aromatic rings. The molecule has 1 atom stereocenters. The van der Waals surface area contributed by atoms with Crippen LogP contribution < -0.4 is 5.73 Å². The van der Waals surface area contributed by atoms with Crippen LogP contribution in [-0.4, -0.2) is 15.0 Å². The third-order valence-corrected chi connectivity index (χ3v) is 3.71. The van der Waals surface area contributed by atoms with Crippen molar-refractivity contribution in [2.75, 3.05) is 0 Å². The van der Waals surface area contributed by atoms with Gasteiger partial charge in [-0.05, 0) is 52.7 Å². The van der Waals surface area contributed by atoms with Crippen molar-refractivity contribution in [1.82, 2.24) is 15.0 Å². The van der Waals surface area contributed by atoms with Gasteiger partial charge in [-0.3, -0.25) is 0 Å². The molecule has 96 valence electrons. The Morgan fingerprint density at radius 3 is 2.74 bits per heavy atom. The van der Waals surface area contributed by atoms with Crippen LogP contribution in [0.2, 0.25) is 0 Å². The van der Waals surface area contributed by atoms with Gasteiger partial charge in [0.05, 0.1) is 11.2 Å². The van der Waals surface area contributed by atoms with Crippen LogP contribution in [0.15, 0.2) is 46.9 Å². The second-order valence-corrected chi connectivity index (χ2v) is 5.34. The minimum Gasteiger partial charge on any atom is -0.324 e. The molecule has 0 bridgehead atoms. The third-order valence-electron chi connectivity index (χ3n) is 3.08. The summed E-state index contributed by atoms with van der Waals surface area (Å²) < 4.78 is 2.78. The summed E-state index contributed by atoms with van der Waals surface area (Å²) in [5.41, 5.74) is 9.79. The molecule has 2 aromatic carbocycles. The van der Waals surface area contributed by atoms with Crippen LogP contribution in [0, 0.1) is 0 Å². The molecule has 0 aliphatic rings. The van der Waals surface area contributed by atoms with Gasteiger partial charge in [-0.15, -0.1) is 5.10 Å². The lowest BCUT2D eigenvalue weighted by Gasteiger charge is -2.10. The fourth-order valence-corrected chi connectivity index (χ4v) is 2.59. The van der Waals surface area contributed by atoms with Gasteiger partial charge in [0, 0.05) is 10.5 Å². The van der Waals surface area contributed by atoms with Crippen LogP contribution in [0.1, 0.15) is 18.5 Å². The number of halogens is 1. The van der Waals surface area contributed by atoms with Gasteiger partial charge < -0.3 is 5.73 Å². The Morgan fingerprint density at radius 2 is 2.00 bits per heavy atom. The molecule has 1 heterocycles. The molecule has 3 rings (SSSR count). The molecule has 19 heavy (non-hydrogen) atoms. The maximum absolute atomic E-state index is 5.89. The lowest BCUT2D eigenvalue weighted by Crippen LogP contribution is -2.06. The zero-order valence-corrected chi connectivity index (χ0v) is 12.0. The van der Waals surface area contributed by atoms with Crippen LogP contribution in [0.3, 0.4) is 0 Å². The van der Waals surface area contributed by atoms with E-state index in [1.165, 1.54) is 0 Å². The first kappa shape index (κ1) is 12.3. The number of hydrogen-bond donors (Lipinski definition) is 1. The maximum atomic E-state index is 5.89. The van der Waals surface area contributed by atoms with Crippen LogP contribution in [0.5, 0.6) is 0 Å². The average Bonchev–Trinajstić information content (AvgIpc) is 2.82. The Kier molecular flexibility index (Phi) is 3.08. The Morgan fingerprint density at radius 1 is 1.21 bits per heavy atom. The molecule has 2 N–H and O–H groups in total. The molecule has 0 aliphatic heterocycles. The summed E-state index contributed by atoms with van der Waals surface area (Å²) in [5.74, 6) is 0. The molecule has 0 fully saturated rings. The maximum Gasteiger partial charge on any atom is 0.113 e. The summed E-state index contributed by atoms with van der Waals surface area (Å²) in [7, 11) is 0. The molecular formula is C14H13BrN4.